The lowest BCUT2D eigenvalue weighted by Crippen LogP contribution is -2.52. The van der Waals surface area contributed by atoms with Crippen molar-refractivity contribution in [1.29, 1.82) is 0 Å². The molecule has 2 aromatic carbocycles. The van der Waals surface area contributed by atoms with Crippen molar-refractivity contribution < 1.29 is 28.7 Å². The molecule has 0 spiro atoms. The Labute approximate surface area is 218 Å². The Morgan fingerprint density at radius 3 is 2.54 bits per heavy atom. The summed E-state index contributed by atoms with van der Waals surface area (Å²) in [5.41, 5.74) is 2.08. The van der Waals surface area contributed by atoms with Crippen molar-refractivity contribution in [3.8, 4) is 5.75 Å². The van der Waals surface area contributed by atoms with Crippen molar-refractivity contribution in [2.24, 2.45) is 0 Å². The average Bonchev–Trinajstić information content (AvgIpc) is 3.21. The van der Waals surface area contributed by atoms with E-state index in [2.05, 4.69) is 5.32 Å². The van der Waals surface area contributed by atoms with Gasteiger partial charge in [-0.1, -0.05) is 30.3 Å². The number of ether oxygens (including phenoxy) is 2. The number of rotatable bonds is 6. The number of nitrogens with one attached hydrogen (secondary N) is 1. The molecule has 2 saturated heterocycles. The minimum Gasteiger partial charge on any atom is -0.502 e. The average molecular weight is 493 g/mol. The lowest BCUT2D eigenvalue weighted by atomic mass is 9.61. The minimum absolute atomic E-state index is 0.000787. The number of fused-ring (bicyclic) bond motifs is 1. The van der Waals surface area contributed by atoms with Crippen LogP contribution < -0.4 is 10.1 Å². The second-order valence-electron chi connectivity index (χ2n) is 9.28. The van der Waals surface area contributed by atoms with Crippen molar-refractivity contribution in [3.63, 3.8) is 0 Å². The van der Waals surface area contributed by atoms with Gasteiger partial charge in [-0.15, -0.1) is 0 Å². The highest BCUT2D eigenvalue weighted by molar-refractivity contribution is 6.39. The van der Waals surface area contributed by atoms with Crippen LogP contribution in [0, 0.1) is 0 Å². The maximum absolute atomic E-state index is 13.1. The summed E-state index contributed by atoms with van der Waals surface area (Å²) in [4.78, 5) is 52.0. The first-order valence-electron chi connectivity index (χ1n) is 11.9. The monoisotopic (exact) mass is 493 g/mol. The predicted molar refractivity (Wildman–Crippen MR) is 134 cm³/mol. The highest BCUT2D eigenvalue weighted by atomic mass is 16.5. The van der Waals surface area contributed by atoms with Gasteiger partial charge in [0.05, 0.1) is 13.2 Å². The molecule has 182 valence electrons. The third-order valence-corrected chi connectivity index (χ3v) is 6.88. The maximum atomic E-state index is 13.1. The van der Waals surface area contributed by atoms with E-state index in [1.807, 2.05) is 0 Å². The van der Waals surface area contributed by atoms with Gasteiger partial charge in [0.15, 0.2) is 0 Å². The summed E-state index contributed by atoms with van der Waals surface area (Å²) in [6.45, 7) is 0.939. The Morgan fingerprint density at radius 2 is 1.84 bits per heavy atom. The molecule has 9 nitrogen and oxygen atoms in total. The molecule has 3 heterocycles. The van der Waals surface area contributed by atoms with E-state index in [1.165, 1.54) is 4.90 Å². The number of hydrogen-bond donors (Lipinski definition) is 1. The maximum Gasteiger partial charge on any atom is 0.255 e. The van der Waals surface area contributed by atoms with Crippen LogP contribution >= 0.6 is 0 Å². The number of carbonyl (C=O) groups is 4. The predicted octanol–water partition coefficient (Wildman–Crippen LogP) is -0.000200. The molecule has 2 aromatic rings. The molecule has 0 aliphatic carbocycles. The molecule has 1 N–H and O–H groups in total. The Kier molecular flexibility index (Phi) is 6.62. The number of benzene rings is 2. The lowest BCUT2D eigenvalue weighted by Gasteiger charge is -2.34. The highest BCUT2D eigenvalue weighted by Gasteiger charge is 2.40. The summed E-state index contributed by atoms with van der Waals surface area (Å²) < 4.78 is 11.2. The van der Waals surface area contributed by atoms with Crippen LogP contribution in [-0.4, -0.2) is 82.8 Å². The second kappa shape index (κ2) is 9.74. The first-order valence-corrected chi connectivity index (χ1v) is 11.9. The van der Waals surface area contributed by atoms with Crippen molar-refractivity contribution in [2.75, 3.05) is 19.8 Å². The van der Waals surface area contributed by atoms with Gasteiger partial charge in [-0.05, 0) is 29.7 Å². The van der Waals surface area contributed by atoms with Gasteiger partial charge < -0.3 is 19.3 Å². The number of hydrogen-bond acceptors (Lipinski definition) is 6. The van der Waals surface area contributed by atoms with E-state index in [-0.39, 0.29) is 43.7 Å². The van der Waals surface area contributed by atoms with Crippen LogP contribution in [0.5, 0.6) is 5.75 Å². The molecule has 0 saturated carbocycles. The quantitative estimate of drug-likeness (QED) is 0.449. The van der Waals surface area contributed by atoms with Crippen molar-refractivity contribution in [2.45, 2.75) is 36.8 Å². The summed E-state index contributed by atoms with van der Waals surface area (Å²) in [6, 6.07) is 11.0. The zero-order valence-corrected chi connectivity index (χ0v) is 20.0. The SMILES string of the molecule is [B]C(c1ccc(C([B])([B])Oc2cccc3c2CN(C2CCC(=O)NC2=O)C3=O)cc1)N1CCOCC1=O. The van der Waals surface area contributed by atoms with E-state index < -0.39 is 23.3 Å². The smallest absolute Gasteiger partial charge is 0.255 e. The molecule has 5 rings (SSSR count). The van der Waals surface area contributed by atoms with E-state index in [1.54, 1.807) is 47.4 Å². The fourth-order valence-corrected chi connectivity index (χ4v) is 4.84. The highest BCUT2D eigenvalue weighted by Crippen LogP contribution is 2.36. The summed E-state index contributed by atoms with van der Waals surface area (Å²) in [5.74, 6) is -1.69. The Bertz CT molecular complexity index is 1270. The molecule has 3 aliphatic heterocycles. The second-order valence-corrected chi connectivity index (χ2v) is 9.28. The molecule has 12 heteroatoms. The summed E-state index contributed by atoms with van der Waals surface area (Å²) in [5, 5.41) is 0.531. The van der Waals surface area contributed by atoms with Crippen LogP contribution in [0.15, 0.2) is 42.5 Å². The van der Waals surface area contributed by atoms with Gasteiger partial charge in [-0.2, -0.15) is 0 Å². The van der Waals surface area contributed by atoms with Gasteiger partial charge in [0.25, 0.3) is 5.91 Å². The zero-order valence-electron chi connectivity index (χ0n) is 20.0. The van der Waals surface area contributed by atoms with Crippen molar-refractivity contribution in [3.05, 3.63) is 64.7 Å². The van der Waals surface area contributed by atoms with Crippen molar-refractivity contribution >= 4 is 47.2 Å². The fraction of sp³-hybridized carbons (Fsp3) is 0.360. The van der Waals surface area contributed by atoms with Crippen LogP contribution in [0.4, 0.5) is 0 Å². The number of carbonyl (C=O) groups excluding carboxylic acids is 4. The van der Waals surface area contributed by atoms with Gasteiger partial charge in [-0.3, -0.25) is 24.5 Å². The molecule has 2 fully saturated rings. The molecular formula is C25H22B3N3O6. The number of morpholine rings is 1. The molecule has 3 aliphatic rings. The third kappa shape index (κ3) is 4.77. The largest absolute Gasteiger partial charge is 0.502 e. The third-order valence-electron chi connectivity index (χ3n) is 6.88. The topological polar surface area (TPSA) is 105 Å². The van der Waals surface area contributed by atoms with Crippen LogP contribution in [-0.2, 0) is 31.1 Å². The zero-order chi connectivity index (χ0) is 26.3. The standard InChI is InChI=1S/C25H22B3N3O6/c26-22(30-10-11-36-13-21(30)33)14-4-6-15(7-5-14)25(27,28)37-19-3-1-2-16-17(19)12-31(24(16)35)18-8-9-20(32)29-23(18)34/h1-7,18,22H,8-13H2,(H,29,32,34). The Balaban J connectivity index is 1.33. The van der Waals surface area contributed by atoms with E-state index in [9.17, 15) is 19.2 Å². The number of piperidine rings is 1. The molecule has 2 unspecified atom stereocenters. The molecule has 37 heavy (non-hydrogen) atoms. The summed E-state index contributed by atoms with van der Waals surface area (Å²) in [7, 11) is 19.0. The lowest BCUT2D eigenvalue weighted by molar-refractivity contribution is -0.143. The fourth-order valence-electron chi connectivity index (χ4n) is 4.84. The van der Waals surface area contributed by atoms with Gasteiger partial charge in [0.2, 0.25) is 17.7 Å². The molecule has 2 atom stereocenters. The van der Waals surface area contributed by atoms with Gasteiger partial charge >= 0.3 is 0 Å². The van der Waals surface area contributed by atoms with Crippen LogP contribution in [0.1, 0.15) is 45.8 Å². The van der Waals surface area contributed by atoms with Gasteiger partial charge in [0.1, 0.15) is 41.9 Å². The van der Waals surface area contributed by atoms with Crippen LogP contribution in [0.2, 0.25) is 0 Å². The number of imide groups is 1. The minimum atomic E-state index is -1.75. The van der Waals surface area contributed by atoms with Gasteiger partial charge in [0, 0.05) is 35.4 Å². The van der Waals surface area contributed by atoms with E-state index in [0.717, 1.165) is 0 Å². The van der Waals surface area contributed by atoms with E-state index in [0.29, 0.717) is 41.2 Å². The van der Waals surface area contributed by atoms with Crippen LogP contribution in [0.25, 0.3) is 0 Å². The molecule has 0 aromatic heterocycles. The van der Waals surface area contributed by atoms with Gasteiger partial charge in [-0.25, -0.2) is 0 Å². The Morgan fingerprint density at radius 1 is 1.08 bits per heavy atom. The van der Waals surface area contributed by atoms with E-state index >= 15 is 0 Å². The summed E-state index contributed by atoms with van der Waals surface area (Å²) >= 11 is 0. The number of nitrogens with zero attached hydrogens (tertiary/aromatic N) is 2. The van der Waals surface area contributed by atoms with Crippen molar-refractivity contribution in [1.82, 2.24) is 15.1 Å². The number of amides is 4. The normalized spacial score (nSPS) is 21.0. The van der Waals surface area contributed by atoms with E-state index in [4.69, 9.17) is 33.0 Å². The first-order chi connectivity index (χ1) is 17.7. The summed E-state index contributed by atoms with van der Waals surface area (Å²) in [6.07, 6.45) is 0.413. The molecule has 6 radical (unpaired) electrons. The molecular weight excluding hydrogens is 471 g/mol. The Hall–Kier alpha value is -3.53. The molecule has 4 amide bonds. The molecule has 0 bridgehead atoms. The van der Waals surface area contributed by atoms with Crippen LogP contribution in [0.3, 0.4) is 0 Å². The first kappa shape index (κ1) is 25.1.